The number of nitrogens with one attached hydrogen (secondary N) is 2. The van der Waals surface area contributed by atoms with Gasteiger partial charge in [0.05, 0.1) is 0 Å². The average Bonchev–Trinajstić information content (AvgIpc) is 2.48. The number of nitrogens with zero attached hydrogens (tertiary/aromatic N) is 1. The molecule has 0 saturated carbocycles. The van der Waals surface area contributed by atoms with E-state index < -0.39 is 0 Å². The molecule has 0 saturated heterocycles. The van der Waals surface area contributed by atoms with E-state index in [0.717, 1.165) is 25.2 Å². The minimum atomic E-state index is -0.0886. The smallest absolute Gasteiger partial charge is 0.255 e. The van der Waals surface area contributed by atoms with Crippen molar-refractivity contribution in [1.82, 2.24) is 10.3 Å². The van der Waals surface area contributed by atoms with E-state index in [2.05, 4.69) is 21.7 Å². The maximum Gasteiger partial charge on any atom is 0.255 e. The van der Waals surface area contributed by atoms with Crippen LogP contribution in [0.3, 0.4) is 0 Å². The van der Waals surface area contributed by atoms with Gasteiger partial charge in [-0.15, -0.1) is 0 Å². The average molecular weight is 253 g/mol. The van der Waals surface area contributed by atoms with E-state index in [0.29, 0.717) is 5.56 Å². The molecule has 1 aliphatic heterocycles. The highest BCUT2D eigenvalue weighted by molar-refractivity contribution is 6.04. The summed E-state index contributed by atoms with van der Waals surface area (Å²) in [5.74, 6) is -0.0886. The molecule has 1 amide bonds. The van der Waals surface area contributed by atoms with Gasteiger partial charge in [-0.05, 0) is 42.3 Å². The lowest BCUT2D eigenvalue weighted by Gasteiger charge is -2.20. The number of aromatic nitrogens is 1. The standard InChI is InChI=1S/C15H15N3O/c19-15(11-4-7-16-8-5-11)18-14-3-1-2-12-10-17-9-6-13(12)14/h1-5,7-8,17H,6,9-10H2,(H,18,19). The minimum Gasteiger partial charge on any atom is -0.322 e. The fraction of sp³-hybridized carbons (Fsp3) is 0.200. The first kappa shape index (κ1) is 11.9. The van der Waals surface area contributed by atoms with Gasteiger partial charge in [-0.25, -0.2) is 0 Å². The SMILES string of the molecule is O=C(Nc1cccc2c1CCNC2)c1ccncc1. The molecule has 2 aromatic rings. The van der Waals surface area contributed by atoms with Crippen molar-refractivity contribution in [2.45, 2.75) is 13.0 Å². The summed E-state index contributed by atoms with van der Waals surface area (Å²) in [6.07, 6.45) is 4.20. The maximum absolute atomic E-state index is 12.1. The van der Waals surface area contributed by atoms with Gasteiger partial charge in [-0.3, -0.25) is 9.78 Å². The number of pyridine rings is 1. The topological polar surface area (TPSA) is 54.0 Å². The first-order valence-corrected chi connectivity index (χ1v) is 6.37. The molecule has 0 spiro atoms. The van der Waals surface area contributed by atoms with Crippen LogP contribution in [0.1, 0.15) is 21.5 Å². The molecule has 1 aromatic heterocycles. The lowest BCUT2D eigenvalue weighted by atomic mass is 9.99. The summed E-state index contributed by atoms with van der Waals surface area (Å²) >= 11 is 0. The largest absolute Gasteiger partial charge is 0.322 e. The number of fused-ring (bicyclic) bond motifs is 1. The summed E-state index contributed by atoms with van der Waals surface area (Å²) in [7, 11) is 0. The van der Waals surface area contributed by atoms with Crippen LogP contribution in [-0.4, -0.2) is 17.4 Å². The monoisotopic (exact) mass is 253 g/mol. The predicted octanol–water partition coefficient (Wildman–Crippen LogP) is 1.98. The van der Waals surface area contributed by atoms with Crippen molar-refractivity contribution in [2.75, 3.05) is 11.9 Å². The van der Waals surface area contributed by atoms with Crippen LogP contribution in [0.15, 0.2) is 42.7 Å². The fourth-order valence-electron chi connectivity index (χ4n) is 2.35. The molecule has 1 aromatic carbocycles. The van der Waals surface area contributed by atoms with Gasteiger partial charge in [0.1, 0.15) is 0 Å². The number of hydrogen-bond donors (Lipinski definition) is 2. The van der Waals surface area contributed by atoms with Gasteiger partial charge in [-0.2, -0.15) is 0 Å². The van der Waals surface area contributed by atoms with Crippen LogP contribution in [-0.2, 0) is 13.0 Å². The predicted molar refractivity (Wildman–Crippen MR) is 74.0 cm³/mol. The molecule has 96 valence electrons. The van der Waals surface area contributed by atoms with Crippen molar-refractivity contribution < 1.29 is 4.79 Å². The molecule has 2 heterocycles. The Morgan fingerprint density at radius 2 is 2.05 bits per heavy atom. The number of carbonyl (C=O) groups is 1. The van der Waals surface area contributed by atoms with Crippen molar-refractivity contribution in [2.24, 2.45) is 0 Å². The Bertz CT molecular complexity index is 596. The van der Waals surface area contributed by atoms with Crippen LogP contribution in [0.4, 0.5) is 5.69 Å². The second-order valence-electron chi connectivity index (χ2n) is 4.56. The zero-order chi connectivity index (χ0) is 13.1. The van der Waals surface area contributed by atoms with Crippen LogP contribution >= 0.6 is 0 Å². The van der Waals surface area contributed by atoms with E-state index in [9.17, 15) is 4.79 Å². The number of amides is 1. The number of hydrogen-bond acceptors (Lipinski definition) is 3. The van der Waals surface area contributed by atoms with Gasteiger partial charge in [-0.1, -0.05) is 12.1 Å². The summed E-state index contributed by atoms with van der Waals surface area (Å²) in [5.41, 5.74) is 4.05. The Morgan fingerprint density at radius 1 is 1.21 bits per heavy atom. The number of carbonyl (C=O) groups excluding carboxylic acids is 1. The third-order valence-corrected chi connectivity index (χ3v) is 3.33. The highest BCUT2D eigenvalue weighted by Gasteiger charge is 2.14. The van der Waals surface area contributed by atoms with Crippen LogP contribution in [0.5, 0.6) is 0 Å². The summed E-state index contributed by atoms with van der Waals surface area (Å²) in [4.78, 5) is 16.1. The van der Waals surface area contributed by atoms with Crippen LogP contribution in [0.25, 0.3) is 0 Å². The van der Waals surface area contributed by atoms with Gasteiger partial charge < -0.3 is 10.6 Å². The highest BCUT2D eigenvalue weighted by atomic mass is 16.1. The Morgan fingerprint density at radius 3 is 2.89 bits per heavy atom. The normalized spacial score (nSPS) is 13.7. The molecule has 0 bridgehead atoms. The van der Waals surface area contributed by atoms with Gasteiger partial charge in [0, 0.05) is 30.2 Å². The van der Waals surface area contributed by atoms with E-state index in [1.165, 1.54) is 11.1 Å². The molecule has 0 unspecified atom stereocenters. The molecular formula is C15H15N3O. The molecule has 1 aliphatic rings. The zero-order valence-corrected chi connectivity index (χ0v) is 10.5. The lowest BCUT2D eigenvalue weighted by Crippen LogP contribution is -2.25. The first-order chi connectivity index (χ1) is 9.34. The van der Waals surface area contributed by atoms with Gasteiger partial charge in [0.2, 0.25) is 0 Å². The van der Waals surface area contributed by atoms with Crippen molar-refractivity contribution >= 4 is 11.6 Å². The van der Waals surface area contributed by atoms with Crippen molar-refractivity contribution in [3.63, 3.8) is 0 Å². The van der Waals surface area contributed by atoms with E-state index >= 15 is 0 Å². The molecule has 0 atom stereocenters. The van der Waals surface area contributed by atoms with Crippen LogP contribution in [0.2, 0.25) is 0 Å². The molecule has 0 aliphatic carbocycles. The number of rotatable bonds is 2. The van der Waals surface area contributed by atoms with Gasteiger partial charge in [0.15, 0.2) is 0 Å². The molecular weight excluding hydrogens is 238 g/mol. The van der Waals surface area contributed by atoms with Crippen LogP contribution in [0, 0.1) is 0 Å². The minimum absolute atomic E-state index is 0.0886. The number of benzene rings is 1. The van der Waals surface area contributed by atoms with Gasteiger partial charge in [0.25, 0.3) is 5.91 Å². The first-order valence-electron chi connectivity index (χ1n) is 6.37. The summed E-state index contributed by atoms with van der Waals surface area (Å²) < 4.78 is 0. The Labute approximate surface area is 111 Å². The summed E-state index contributed by atoms with van der Waals surface area (Å²) in [6.45, 7) is 1.82. The lowest BCUT2D eigenvalue weighted by molar-refractivity contribution is 0.102. The van der Waals surface area contributed by atoms with Crippen molar-refractivity contribution in [3.8, 4) is 0 Å². The van der Waals surface area contributed by atoms with Crippen molar-refractivity contribution in [3.05, 3.63) is 59.4 Å². The Hall–Kier alpha value is -2.20. The Balaban J connectivity index is 1.86. The fourth-order valence-corrected chi connectivity index (χ4v) is 2.35. The van der Waals surface area contributed by atoms with Gasteiger partial charge >= 0.3 is 0 Å². The van der Waals surface area contributed by atoms with E-state index in [-0.39, 0.29) is 5.91 Å². The maximum atomic E-state index is 12.1. The second-order valence-corrected chi connectivity index (χ2v) is 4.56. The van der Waals surface area contributed by atoms with Crippen LogP contribution < -0.4 is 10.6 Å². The quantitative estimate of drug-likeness (QED) is 0.860. The molecule has 4 heteroatoms. The highest BCUT2D eigenvalue weighted by Crippen LogP contribution is 2.23. The summed E-state index contributed by atoms with van der Waals surface area (Å²) in [6, 6.07) is 9.47. The Kier molecular flexibility index (Phi) is 3.25. The van der Waals surface area contributed by atoms with E-state index in [4.69, 9.17) is 0 Å². The molecule has 19 heavy (non-hydrogen) atoms. The second kappa shape index (κ2) is 5.20. The third kappa shape index (κ3) is 2.48. The third-order valence-electron chi connectivity index (χ3n) is 3.33. The zero-order valence-electron chi connectivity index (χ0n) is 10.5. The molecule has 0 fully saturated rings. The number of anilines is 1. The molecule has 2 N–H and O–H groups in total. The molecule has 0 radical (unpaired) electrons. The van der Waals surface area contributed by atoms with E-state index in [1.807, 2.05) is 12.1 Å². The van der Waals surface area contributed by atoms with Crippen molar-refractivity contribution in [1.29, 1.82) is 0 Å². The molecule has 3 rings (SSSR count). The summed E-state index contributed by atoms with van der Waals surface area (Å²) in [5, 5.41) is 6.32. The van der Waals surface area contributed by atoms with E-state index in [1.54, 1.807) is 24.5 Å². The molecule has 4 nitrogen and oxygen atoms in total.